The molecule has 10 heteroatoms. The summed E-state index contributed by atoms with van der Waals surface area (Å²) in [6, 6.07) is 14.4. The second-order valence-corrected chi connectivity index (χ2v) is 10.0. The van der Waals surface area contributed by atoms with Crippen molar-refractivity contribution in [3.63, 3.8) is 0 Å². The fourth-order valence-corrected chi connectivity index (χ4v) is 5.15. The van der Waals surface area contributed by atoms with E-state index in [9.17, 15) is 23.1 Å². The molecule has 0 radical (unpaired) electrons. The van der Waals surface area contributed by atoms with E-state index in [1.54, 1.807) is 12.3 Å². The zero-order chi connectivity index (χ0) is 27.3. The number of nitrogens with zero attached hydrogens (tertiary/aromatic N) is 3. The quantitative estimate of drug-likeness (QED) is 0.229. The standard InChI is InChI=1S/C29H25F3N4O3/c1-16(18-3-2-4-18)33-26-25-22(34-27(35-26)28(37)38)14-23(19-7-10-24-20(13-19)11-12-39-24)36(25)15-17-5-8-21(9-6-17)29(30,31)32/h5-14,16,18H,2-4,15H2,1H3,(H,37,38)(H,33,34,35). The molecule has 200 valence electrons. The van der Waals surface area contributed by atoms with E-state index in [0.29, 0.717) is 33.9 Å². The Bertz CT molecular complexity index is 1680. The number of hydrogen-bond acceptors (Lipinski definition) is 5. The highest BCUT2D eigenvalue weighted by atomic mass is 19.4. The van der Waals surface area contributed by atoms with Crippen LogP contribution in [0.25, 0.3) is 33.3 Å². The zero-order valence-corrected chi connectivity index (χ0v) is 21.0. The normalized spacial score (nSPS) is 15.0. The van der Waals surface area contributed by atoms with Gasteiger partial charge in [-0.2, -0.15) is 13.2 Å². The maximum absolute atomic E-state index is 13.2. The van der Waals surface area contributed by atoms with Crippen molar-refractivity contribution in [1.29, 1.82) is 0 Å². The molecule has 7 nitrogen and oxygen atoms in total. The first-order valence-corrected chi connectivity index (χ1v) is 12.7. The number of anilines is 1. The Morgan fingerprint density at radius 2 is 1.90 bits per heavy atom. The molecule has 2 N–H and O–H groups in total. The van der Waals surface area contributed by atoms with Crippen molar-refractivity contribution in [1.82, 2.24) is 14.5 Å². The molecule has 1 fully saturated rings. The number of rotatable bonds is 7. The van der Waals surface area contributed by atoms with Crippen LogP contribution < -0.4 is 5.32 Å². The van der Waals surface area contributed by atoms with Gasteiger partial charge in [0.15, 0.2) is 5.82 Å². The van der Waals surface area contributed by atoms with Crippen LogP contribution >= 0.6 is 0 Å². The van der Waals surface area contributed by atoms with Gasteiger partial charge < -0.3 is 19.4 Å². The number of carboxylic acid groups (broad SMARTS) is 1. The molecule has 5 aromatic rings. The number of carboxylic acids is 1. The zero-order valence-electron chi connectivity index (χ0n) is 21.0. The number of aromatic nitrogens is 3. The van der Waals surface area contributed by atoms with Crippen molar-refractivity contribution >= 4 is 33.8 Å². The Morgan fingerprint density at radius 3 is 2.56 bits per heavy atom. The fraction of sp³-hybridized carbons (Fsp3) is 0.276. The monoisotopic (exact) mass is 534 g/mol. The van der Waals surface area contributed by atoms with Gasteiger partial charge in [-0.3, -0.25) is 0 Å². The van der Waals surface area contributed by atoms with E-state index in [0.717, 1.165) is 48.0 Å². The predicted molar refractivity (Wildman–Crippen MR) is 141 cm³/mol. The Hall–Kier alpha value is -4.34. The van der Waals surface area contributed by atoms with Gasteiger partial charge in [0, 0.05) is 18.0 Å². The summed E-state index contributed by atoms with van der Waals surface area (Å²) in [7, 11) is 0. The Labute approximate surface area is 221 Å². The number of hydrogen-bond donors (Lipinski definition) is 2. The number of nitrogens with one attached hydrogen (secondary N) is 1. The number of alkyl halides is 3. The average Bonchev–Trinajstić information content (AvgIpc) is 3.47. The Kier molecular flexibility index (Phi) is 6.05. The molecule has 3 aromatic heterocycles. The van der Waals surface area contributed by atoms with E-state index >= 15 is 0 Å². The van der Waals surface area contributed by atoms with Crippen molar-refractivity contribution in [2.45, 2.75) is 44.9 Å². The molecular formula is C29H25F3N4O3. The summed E-state index contributed by atoms with van der Waals surface area (Å²) in [5, 5.41) is 14.0. The largest absolute Gasteiger partial charge is 0.475 e. The van der Waals surface area contributed by atoms with Crippen LogP contribution in [0.5, 0.6) is 0 Å². The first-order chi connectivity index (χ1) is 18.7. The topological polar surface area (TPSA) is 93.2 Å². The summed E-state index contributed by atoms with van der Waals surface area (Å²) in [6.45, 7) is 2.28. The maximum atomic E-state index is 13.2. The van der Waals surface area contributed by atoms with Crippen LogP contribution in [0.1, 0.15) is 47.9 Å². The van der Waals surface area contributed by atoms with Crippen LogP contribution in [0.4, 0.5) is 19.0 Å². The van der Waals surface area contributed by atoms with Gasteiger partial charge in [-0.15, -0.1) is 0 Å². The van der Waals surface area contributed by atoms with Crippen molar-refractivity contribution < 1.29 is 27.5 Å². The number of halogens is 3. The van der Waals surface area contributed by atoms with Gasteiger partial charge >= 0.3 is 12.1 Å². The van der Waals surface area contributed by atoms with Crippen molar-refractivity contribution in [3.05, 3.63) is 77.8 Å². The van der Waals surface area contributed by atoms with Crippen LogP contribution in [-0.2, 0) is 12.7 Å². The summed E-state index contributed by atoms with van der Waals surface area (Å²) < 4.78 is 47.0. The van der Waals surface area contributed by atoms with Gasteiger partial charge in [0.2, 0.25) is 5.82 Å². The van der Waals surface area contributed by atoms with Crippen LogP contribution in [0.3, 0.4) is 0 Å². The lowest BCUT2D eigenvalue weighted by Gasteiger charge is -2.32. The van der Waals surface area contributed by atoms with Crippen LogP contribution in [0.15, 0.2) is 65.3 Å². The molecule has 2 aromatic carbocycles. The molecule has 1 saturated carbocycles. The third-order valence-electron chi connectivity index (χ3n) is 7.53. The molecular weight excluding hydrogens is 509 g/mol. The molecule has 0 spiro atoms. The molecule has 39 heavy (non-hydrogen) atoms. The van der Waals surface area contributed by atoms with Crippen LogP contribution in [-0.4, -0.2) is 31.7 Å². The molecule has 1 aliphatic rings. The number of carbonyl (C=O) groups is 1. The van der Waals surface area contributed by atoms with Gasteiger partial charge in [-0.1, -0.05) is 18.6 Å². The highest BCUT2D eigenvalue weighted by molar-refractivity contribution is 5.96. The second kappa shape index (κ2) is 9.44. The molecule has 1 atom stereocenters. The summed E-state index contributed by atoms with van der Waals surface area (Å²) in [5.41, 5.74) is 3.21. The first-order valence-electron chi connectivity index (χ1n) is 12.7. The van der Waals surface area contributed by atoms with Gasteiger partial charge in [0.1, 0.15) is 11.1 Å². The van der Waals surface area contributed by atoms with E-state index in [4.69, 9.17) is 4.42 Å². The molecule has 0 saturated heterocycles. The van der Waals surface area contributed by atoms with Crippen LogP contribution in [0, 0.1) is 5.92 Å². The van der Waals surface area contributed by atoms with Crippen molar-refractivity contribution in [2.24, 2.45) is 5.92 Å². The minimum absolute atomic E-state index is 0.0543. The molecule has 0 aliphatic heterocycles. The highest BCUT2D eigenvalue weighted by Crippen LogP contribution is 2.36. The second-order valence-electron chi connectivity index (χ2n) is 10.0. The molecule has 0 amide bonds. The number of aromatic carboxylic acids is 1. The third kappa shape index (κ3) is 4.71. The van der Waals surface area contributed by atoms with Crippen molar-refractivity contribution in [3.8, 4) is 11.3 Å². The Balaban J connectivity index is 1.53. The van der Waals surface area contributed by atoms with Gasteiger partial charge in [-0.25, -0.2) is 14.8 Å². The van der Waals surface area contributed by atoms with E-state index in [1.165, 1.54) is 12.1 Å². The number of fused-ring (bicyclic) bond motifs is 2. The minimum atomic E-state index is -4.43. The Morgan fingerprint density at radius 1 is 1.13 bits per heavy atom. The van der Waals surface area contributed by atoms with E-state index in [-0.39, 0.29) is 18.4 Å². The van der Waals surface area contributed by atoms with E-state index in [2.05, 4.69) is 22.2 Å². The first kappa shape index (κ1) is 25.0. The molecule has 6 rings (SSSR count). The summed E-state index contributed by atoms with van der Waals surface area (Å²) in [4.78, 5) is 20.6. The summed E-state index contributed by atoms with van der Waals surface area (Å²) in [6.07, 6.45) is 0.481. The van der Waals surface area contributed by atoms with E-state index < -0.39 is 17.7 Å². The number of benzene rings is 2. The predicted octanol–water partition coefficient (Wildman–Crippen LogP) is 7.21. The molecule has 1 unspecified atom stereocenters. The average molecular weight is 535 g/mol. The van der Waals surface area contributed by atoms with Gasteiger partial charge in [0.25, 0.3) is 0 Å². The molecule has 0 bridgehead atoms. The molecule has 1 aliphatic carbocycles. The summed E-state index contributed by atoms with van der Waals surface area (Å²) >= 11 is 0. The van der Waals surface area contributed by atoms with Gasteiger partial charge in [0.05, 0.1) is 23.0 Å². The van der Waals surface area contributed by atoms with E-state index in [1.807, 2.05) is 28.8 Å². The van der Waals surface area contributed by atoms with Gasteiger partial charge in [-0.05, 0) is 79.3 Å². The third-order valence-corrected chi connectivity index (χ3v) is 7.53. The maximum Gasteiger partial charge on any atom is 0.416 e. The minimum Gasteiger partial charge on any atom is -0.475 e. The SMILES string of the molecule is CC(Nc1nc(C(=O)O)nc2cc(-c3ccc4occc4c3)n(Cc3ccc(C(F)(F)F)cc3)c12)C1CCC1. The lowest BCUT2D eigenvalue weighted by atomic mass is 9.80. The van der Waals surface area contributed by atoms with Crippen molar-refractivity contribution in [2.75, 3.05) is 5.32 Å². The lowest BCUT2D eigenvalue weighted by molar-refractivity contribution is -0.137. The summed E-state index contributed by atoms with van der Waals surface area (Å²) in [5.74, 6) is -0.730. The lowest BCUT2D eigenvalue weighted by Crippen LogP contribution is -2.31. The molecule has 3 heterocycles. The smallest absolute Gasteiger partial charge is 0.416 e. The fourth-order valence-electron chi connectivity index (χ4n) is 5.15. The van der Waals surface area contributed by atoms with Crippen LogP contribution in [0.2, 0.25) is 0 Å². The highest BCUT2D eigenvalue weighted by Gasteiger charge is 2.30. The number of furan rings is 1.